The van der Waals surface area contributed by atoms with Gasteiger partial charge in [0.1, 0.15) is 6.04 Å². The zero-order chi connectivity index (χ0) is 9.19. The minimum atomic E-state index is -4.20. The quantitative estimate of drug-likeness (QED) is 0.683. The molecule has 1 fully saturated rings. The summed E-state index contributed by atoms with van der Waals surface area (Å²) in [5.74, 6) is 0. The van der Waals surface area contributed by atoms with Crippen LogP contribution in [0, 0.1) is 0 Å². The molecule has 1 aliphatic rings. The highest BCUT2D eigenvalue weighted by atomic mass is 19.4. The summed E-state index contributed by atoms with van der Waals surface area (Å²) in [6.07, 6.45) is -1.50. The van der Waals surface area contributed by atoms with E-state index in [0.717, 1.165) is 19.3 Å². The lowest BCUT2D eigenvalue weighted by molar-refractivity contribution is -0.156. The van der Waals surface area contributed by atoms with Crippen LogP contribution in [0.5, 0.6) is 0 Å². The summed E-state index contributed by atoms with van der Waals surface area (Å²) >= 11 is 0. The maximum absolute atomic E-state index is 12.1. The van der Waals surface area contributed by atoms with E-state index in [1.54, 1.807) is 0 Å². The fourth-order valence-corrected chi connectivity index (χ4v) is 1.16. The number of nitrogens with one attached hydrogen (secondary N) is 1. The molecular formula is C7H13F3N2. The Bertz CT molecular complexity index is 142. The first kappa shape index (κ1) is 9.80. The minimum absolute atomic E-state index is 0.0279. The van der Waals surface area contributed by atoms with E-state index in [9.17, 15) is 13.2 Å². The average Bonchev–Trinajstić information content (AvgIpc) is 1.82. The maximum atomic E-state index is 12.1. The predicted molar refractivity (Wildman–Crippen MR) is 39.7 cm³/mol. The molecule has 0 aromatic carbocycles. The van der Waals surface area contributed by atoms with Crippen LogP contribution in [-0.4, -0.2) is 24.8 Å². The van der Waals surface area contributed by atoms with Gasteiger partial charge < -0.3 is 11.1 Å². The molecule has 0 amide bonds. The zero-order valence-electron chi connectivity index (χ0n) is 6.69. The van der Waals surface area contributed by atoms with Gasteiger partial charge in [-0.3, -0.25) is 0 Å². The molecule has 1 rings (SSSR count). The van der Waals surface area contributed by atoms with Gasteiger partial charge in [-0.15, -0.1) is 0 Å². The summed E-state index contributed by atoms with van der Waals surface area (Å²) in [4.78, 5) is 0. The summed E-state index contributed by atoms with van der Waals surface area (Å²) in [5, 5.41) is 2.49. The summed E-state index contributed by atoms with van der Waals surface area (Å²) in [6, 6.07) is -1.50. The molecule has 1 unspecified atom stereocenters. The average molecular weight is 182 g/mol. The van der Waals surface area contributed by atoms with Crippen molar-refractivity contribution in [3.63, 3.8) is 0 Å². The molecule has 1 aliphatic carbocycles. The van der Waals surface area contributed by atoms with Crippen molar-refractivity contribution in [1.82, 2.24) is 5.32 Å². The van der Waals surface area contributed by atoms with Gasteiger partial charge in [0.2, 0.25) is 0 Å². The van der Waals surface area contributed by atoms with E-state index in [0.29, 0.717) is 0 Å². The number of halogens is 3. The third kappa shape index (κ3) is 2.35. The Morgan fingerprint density at radius 3 is 2.25 bits per heavy atom. The molecule has 0 aromatic heterocycles. The monoisotopic (exact) mass is 182 g/mol. The molecule has 0 bridgehead atoms. The van der Waals surface area contributed by atoms with E-state index in [4.69, 9.17) is 5.73 Å². The van der Waals surface area contributed by atoms with E-state index in [1.165, 1.54) is 0 Å². The third-order valence-corrected chi connectivity index (χ3v) is 2.17. The molecule has 0 spiro atoms. The lowest BCUT2D eigenvalue weighted by atomic mass is 9.92. The summed E-state index contributed by atoms with van der Waals surface area (Å²) in [6.45, 7) is -0.375. The van der Waals surface area contributed by atoms with E-state index in [1.807, 2.05) is 0 Å². The van der Waals surface area contributed by atoms with Crippen LogP contribution in [-0.2, 0) is 0 Å². The first-order valence-corrected chi connectivity index (χ1v) is 4.07. The van der Waals surface area contributed by atoms with Gasteiger partial charge in [0, 0.05) is 12.6 Å². The van der Waals surface area contributed by atoms with Crippen LogP contribution in [0.2, 0.25) is 0 Å². The molecule has 2 nitrogen and oxygen atoms in total. The molecule has 0 heterocycles. The highest BCUT2D eigenvalue weighted by Crippen LogP contribution is 2.24. The Balaban J connectivity index is 2.34. The number of rotatable bonds is 3. The highest BCUT2D eigenvalue weighted by Gasteiger charge is 2.40. The molecule has 0 aromatic rings. The normalized spacial score (nSPS) is 22.0. The maximum Gasteiger partial charge on any atom is 0.405 e. The lowest BCUT2D eigenvalue weighted by Gasteiger charge is -2.31. The minimum Gasteiger partial charge on any atom is -0.329 e. The van der Waals surface area contributed by atoms with Gasteiger partial charge in [0.25, 0.3) is 0 Å². The van der Waals surface area contributed by atoms with Crippen LogP contribution in [0.1, 0.15) is 19.3 Å². The SMILES string of the molecule is NCC(NC1CCC1)C(F)(F)F. The topological polar surface area (TPSA) is 38.0 Å². The van der Waals surface area contributed by atoms with Crippen molar-refractivity contribution in [2.45, 2.75) is 37.5 Å². The van der Waals surface area contributed by atoms with Gasteiger partial charge in [-0.2, -0.15) is 13.2 Å². The number of hydrogen-bond acceptors (Lipinski definition) is 2. The summed E-state index contributed by atoms with van der Waals surface area (Å²) in [7, 11) is 0. The predicted octanol–water partition coefficient (Wildman–Crippen LogP) is 1.02. The summed E-state index contributed by atoms with van der Waals surface area (Å²) in [5.41, 5.74) is 5.00. The first-order valence-electron chi connectivity index (χ1n) is 4.07. The molecule has 5 heteroatoms. The van der Waals surface area contributed by atoms with Crippen molar-refractivity contribution in [2.24, 2.45) is 5.73 Å². The van der Waals surface area contributed by atoms with Gasteiger partial charge in [-0.1, -0.05) is 6.42 Å². The second kappa shape index (κ2) is 3.62. The van der Waals surface area contributed by atoms with Crippen molar-refractivity contribution in [3.8, 4) is 0 Å². The largest absolute Gasteiger partial charge is 0.405 e. The third-order valence-electron chi connectivity index (χ3n) is 2.17. The Morgan fingerprint density at radius 1 is 1.42 bits per heavy atom. The number of alkyl halides is 3. The van der Waals surface area contributed by atoms with Crippen LogP contribution < -0.4 is 11.1 Å². The molecule has 1 atom stereocenters. The van der Waals surface area contributed by atoms with Gasteiger partial charge in [-0.25, -0.2) is 0 Å². The van der Waals surface area contributed by atoms with Crippen LogP contribution in [0.25, 0.3) is 0 Å². The molecule has 0 saturated heterocycles. The lowest BCUT2D eigenvalue weighted by Crippen LogP contribution is -2.53. The molecule has 0 radical (unpaired) electrons. The standard InChI is InChI=1S/C7H13F3N2/c8-7(9,10)6(4-11)12-5-2-1-3-5/h5-6,12H,1-4,11H2. The first-order chi connectivity index (χ1) is 5.54. The van der Waals surface area contributed by atoms with Crippen LogP contribution >= 0.6 is 0 Å². The van der Waals surface area contributed by atoms with Crippen molar-refractivity contribution in [1.29, 1.82) is 0 Å². The highest BCUT2D eigenvalue weighted by molar-refractivity contribution is 4.84. The van der Waals surface area contributed by atoms with Gasteiger partial charge in [0.05, 0.1) is 0 Å². The van der Waals surface area contributed by atoms with Gasteiger partial charge in [-0.05, 0) is 12.8 Å². The van der Waals surface area contributed by atoms with E-state index < -0.39 is 12.2 Å². The summed E-state index contributed by atoms with van der Waals surface area (Å²) < 4.78 is 36.3. The van der Waals surface area contributed by atoms with E-state index in [-0.39, 0.29) is 12.6 Å². The van der Waals surface area contributed by atoms with E-state index in [2.05, 4.69) is 5.32 Å². The molecule has 3 N–H and O–H groups in total. The Morgan fingerprint density at radius 2 is 2.00 bits per heavy atom. The molecule has 1 saturated carbocycles. The van der Waals surface area contributed by atoms with Crippen molar-refractivity contribution < 1.29 is 13.2 Å². The van der Waals surface area contributed by atoms with Crippen molar-refractivity contribution >= 4 is 0 Å². The Kier molecular flexibility index (Phi) is 2.95. The van der Waals surface area contributed by atoms with Crippen LogP contribution in [0.4, 0.5) is 13.2 Å². The Labute approximate surface area is 69.3 Å². The van der Waals surface area contributed by atoms with Crippen molar-refractivity contribution in [3.05, 3.63) is 0 Å². The van der Waals surface area contributed by atoms with Gasteiger partial charge >= 0.3 is 6.18 Å². The van der Waals surface area contributed by atoms with Crippen LogP contribution in [0.3, 0.4) is 0 Å². The second-order valence-corrected chi connectivity index (χ2v) is 3.12. The molecular weight excluding hydrogens is 169 g/mol. The fourth-order valence-electron chi connectivity index (χ4n) is 1.16. The Hall–Kier alpha value is -0.290. The smallest absolute Gasteiger partial charge is 0.329 e. The van der Waals surface area contributed by atoms with Crippen LogP contribution in [0.15, 0.2) is 0 Å². The zero-order valence-corrected chi connectivity index (χ0v) is 6.69. The molecule has 72 valence electrons. The number of hydrogen-bond donors (Lipinski definition) is 2. The van der Waals surface area contributed by atoms with E-state index >= 15 is 0 Å². The number of nitrogens with two attached hydrogens (primary N) is 1. The van der Waals surface area contributed by atoms with Crippen molar-refractivity contribution in [2.75, 3.05) is 6.54 Å². The fraction of sp³-hybridized carbons (Fsp3) is 1.00. The molecule has 0 aliphatic heterocycles. The molecule has 12 heavy (non-hydrogen) atoms. The second-order valence-electron chi connectivity index (χ2n) is 3.12. The van der Waals surface area contributed by atoms with Gasteiger partial charge in [0.15, 0.2) is 0 Å².